The molecule has 0 heterocycles. The summed E-state index contributed by atoms with van der Waals surface area (Å²) in [6, 6.07) is 0. The van der Waals surface area contributed by atoms with Crippen molar-refractivity contribution < 1.29 is 104 Å². The van der Waals surface area contributed by atoms with Gasteiger partial charge in [0.2, 0.25) is 0 Å². The van der Waals surface area contributed by atoms with E-state index < -0.39 is 52.7 Å². The maximum absolute atomic E-state index is 13.2. The van der Waals surface area contributed by atoms with E-state index in [0.29, 0.717) is 0 Å². The molecule has 0 saturated carbocycles. The Morgan fingerprint density at radius 3 is 1.40 bits per heavy atom. The Morgan fingerprint density at radius 2 is 1.04 bits per heavy atom. The van der Waals surface area contributed by atoms with Crippen LogP contribution < -0.4 is 51.4 Å². The van der Waals surface area contributed by atoms with Crippen molar-refractivity contribution >= 4 is 10.1 Å². The van der Waals surface area contributed by atoms with E-state index in [1.165, 1.54) is 0 Å². The molecule has 0 saturated heterocycles. The summed E-state index contributed by atoms with van der Waals surface area (Å²) in [6.07, 6.45) is -8.71. The summed E-state index contributed by atoms with van der Waals surface area (Å²) < 4.78 is 144. The number of rotatable bonds is 10. The Bertz CT molecular complexity index is 505. The van der Waals surface area contributed by atoms with Crippen molar-refractivity contribution in [1.82, 2.24) is 0 Å². The molecule has 0 fully saturated rings. The second-order valence-electron chi connectivity index (χ2n) is 5.13. The summed E-state index contributed by atoms with van der Waals surface area (Å²) in [5.41, 5.74) is 0. The molecule has 0 unspecified atom stereocenters. The molecule has 0 aliphatic rings. The Morgan fingerprint density at radius 1 is 0.680 bits per heavy atom. The van der Waals surface area contributed by atoms with E-state index in [2.05, 4.69) is 0 Å². The van der Waals surface area contributed by atoms with Gasteiger partial charge in [0.05, 0.1) is 0 Å². The topological polar surface area (TPSA) is 57.2 Å². The van der Waals surface area contributed by atoms with Crippen molar-refractivity contribution in [1.29, 1.82) is 0 Å². The van der Waals surface area contributed by atoms with Gasteiger partial charge in [0, 0.05) is 12.8 Å². The van der Waals surface area contributed by atoms with Crippen LogP contribution in [0.2, 0.25) is 0 Å². The molecule has 0 aliphatic heterocycles. The minimum Gasteiger partial charge on any atom is -0.743 e. The quantitative estimate of drug-likeness (QED) is 0.227. The molecule has 14 heteroatoms. The van der Waals surface area contributed by atoms with Crippen molar-refractivity contribution in [3.63, 3.8) is 0 Å². The first-order valence-electron chi connectivity index (χ1n) is 6.61. The van der Waals surface area contributed by atoms with E-state index in [0.717, 1.165) is 0 Å². The molecule has 0 N–H and O–H groups in total. The van der Waals surface area contributed by atoms with Gasteiger partial charge in [-0.2, -0.15) is 39.5 Å². The Balaban J connectivity index is 0. The first-order valence-corrected chi connectivity index (χ1v) is 8.02. The van der Waals surface area contributed by atoms with Crippen LogP contribution in [0, 0.1) is 0 Å². The summed E-state index contributed by atoms with van der Waals surface area (Å²) in [5, 5.41) is -6.49. The van der Waals surface area contributed by atoms with Crippen molar-refractivity contribution in [3.05, 3.63) is 0 Å². The van der Waals surface area contributed by atoms with Crippen molar-refractivity contribution in [2.45, 2.75) is 68.2 Å². The van der Waals surface area contributed by atoms with Gasteiger partial charge in [0.1, 0.15) is 0 Å². The average Bonchev–Trinajstić information content (AvgIpc) is 2.34. The van der Waals surface area contributed by atoms with Crippen LogP contribution in [0.15, 0.2) is 0 Å². The molecule has 0 aromatic heterocycles. The molecule has 3 nitrogen and oxygen atoms in total. The SMILES string of the molecule is O=S(=O)([O-])C(F)(F)C(F)(F)C(F)(F)CCCCCCCC(F)(F)F.[K+]. The third kappa shape index (κ3) is 8.21. The van der Waals surface area contributed by atoms with Gasteiger partial charge in [0.25, 0.3) is 0 Å². The van der Waals surface area contributed by atoms with Gasteiger partial charge < -0.3 is 4.55 Å². The van der Waals surface area contributed by atoms with Gasteiger partial charge in [-0.3, -0.25) is 0 Å². The number of hydrogen-bond donors (Lipinski definition) is 0. The van der Waals surface area contributed by atoms with E-state index in [1.54, 1.807) is 0 Å². The van der Waals surface area contributed by atoms with Crippen molar-refractivity contribution in [3.8, 4) is 0 Å². The normalized spacial score (nSPS) is 14.3. The zero-order valence-electron chi connectivity index (χ0n) is 13.0. The Kier molecular flexibility index (Phi) is 11.2. The zero-order valence-corrected chi connectivity index (χ0v) is 16.9. The molecule has 0 atom stereocenters. The molecule has 0 bridgehead atoms. The van der Waals surface area contributed by atoms with E-state index in [4.69, 9.17) is 0 Å². The molecule has 0 aromatic rings. The molecule has 0 aliphatic carbocycles. The predicted molar refractivity (Wildman–Crippen MR) is 62.9 cm³/mol. The van der Waals surface area contributed by atoms with Gasteiger partial charge in [-0.15, -0.1) is 0 Å². The molecule has 0 aromatic carbocycles. The molecular weight excluding hydrogens is 422 g/mol. The second-order valence-corrected chi connectivity index (χ2v) is 6.55. The van der Waals surface area contributed by atoms with E-state index in [1.807, 2.05) is 0 Å². The summed E-state index contributed by atoms with van der Waals surface area (Å²) in [4.78, 5) is 0. The van der Waals surface area contributed by atoms with Crippen LogP contribution in [0.1, 0.15) is 44.9 Å². The van der Waals surface area contributed by atoms with Crippen LogP contribution in [-0.2, 0) is 10.1 Å². The fraction of sp³-hybridized carbons (Fsp3) is 1.00. The summed E-state index contributed by atoms with van der Waals surface area (Å²) >= 11 is 0. The molecule has 146 valence electrons. The van der Waals surface area contributed by atoms with Gasteiger partial charge >= 0.3 is 74.7 Å². The van der Waals surface area contributed by atoms with E-state index in [9.17, 15) is 52.5 Å². The standard InChI is InChI=1S/C11H15F9O3S.K/c12-8(13,10(17,18)11(19,20)24(21,22)23)6-4-2-1-3-5-7-9(14,15)16;/h1-7H2,(H,21,22,23);/q;+1/p-1. The van der Waals surface area contributed by atoms with Crippen molar-refractivity contribution in [2.24, 2.45) is 0 Å². The third-order valence-electron chi connectivity index (χ3n) is 3.09. The van der Waals surface area contributed by atoms with E-state index >= 15 is 0 Å². The number of unbranched alkanes of at least 4 members (excludes halogenated alkanes) is 4. The first kappa shape index (κ1) is 28.1. The maximum atomic E-state index is 13.2. The zero-order chi connectivity index (χ0) is 19.4. The van der Waals surface area contributed by atoms with Crippen LogP contribution >= 0.6 is 0 Å². The molecule has 0 amide bonds. The largest absolute Gasteiger partial charge is 1.00 e. The first-order chi connectivity index (χ1) is 10.5. The summed E-state index contributed by atoms with van der Waals surface area (Å²) in [5.74, 6) is -11.9. The number of alkyl halides is 9. The molecule has 0 rings (SSSR count). The van der Waals surface area contributed by atoms with Gasteiger partial charge in [-0.05, 0) is 12.8 Å². The smallest absolute Gasteiger partial charge is 0.743 e. The van der Waals surface area contributed by atoms with Gasteiger partial charge in [-0.1, -0.05) is 19.3 Å². The van der Waals surface area contributed by atoms with E-state index in [-0.39, 0.29) is 77.1 Å². The fourth-order valence-corrected chi connectivity index (χ4v) is 2.19. The van der Waals surface area contributed by atoms with Crippen LogP contribution in [0.5, 0.6) is 0 Å². The third-order valence-corrected chi connectivity index (χ3v) is 3.97. The minimum atomic E-state index is -7.02. The fourth-order valence-electron chi connectivity index (χ4n) is 1.73. The van der Waals surface area contributed by atoms with Gasteiger partial charge in [-0.25, -0.2) is 8.42 Å². The van der Waals surface area contributed by atoms with Crippen molar-refractivity contribution in [2.75, 3.05) is 0 Å². The minimum absolute atomic E-state index is 0. The predicted octanol–water partition coefficient (Wildman–Crippen LogP) is 1.69. The molecule has 25 heavy (non-hydrogen) atoms. The van der Waals surface area contributed by atoms with Crippen LogP contribution in [0.25, 0.3) is 0 Å². The monoisotopic (exact) mass is 436 g/mol. The Labute approximate surface area is 180 Å². The molecular formula is C11H14F9KO3S. The molecule has 0 spiro atoms. The molecule has 0 radical (unpaired) electrons. The summed E-state index contributed by atoms with van der Waals surface area (Å²) in [6.45, 7) is 0. The van der Waals surface area contributed by atoms with Crippen LogP contribution in [0.4, 0.5) is 39.5 Å². The second kappa shape index (κ2) is 9.91. The average molecular weight is 436 g/mol. The maximum Gasteiger partial charge on any atom is 1.00 e. The van der Waals surface area contributed by atoms with Crippen LogP contribution in [-0.4, -0.2) is 36.2 Å². The number of halogens is 9. The van der Waals surface area contributed by atoms with Crippen LogP contribution in [0.3, 0.4) is 0 Å². The summed E-state index contributed by atoms with van der Waals surface area (Å²) in [7, 11) is -7.02. The Hall–Kier alpha value is 0.916. The number of hydrogen-bond acceptors (Lipinski definition) is 3. The van der Waals surface area contributed by atoms with Gasteiger partial charge in [0.15, 0.2) is 10.1 Å².